The lowest BCUT2D eigenvalue weighted by molar-refractivity contribution is -0.121. The highest BCUT2D eigenvalue weighted by Crippen LogP contribution is 2.54. The third-order valence-corrected chi connectivity index (χ3v) is 6.87. The Bertz CT molecular complexity index is 846. The number of aryl methyl sites for hydroxylation is 1. The van der Waals surface area contributed by atoms with Crippen molar-refractivity contribution in [3.63, 3.8) is 0 Å². The topological polar surface area (TPSA) is 67.4 Å². The first kappa shape index (κ1) is 18.6. The lowest BCUT2D eigenvalue weighted by Gasteiger charge is -2.29. The maximum absolute atomic E-state index is 12.4. The number of hydrogen-bond acceptors (Lipinski definition) is 5. The van der Waals surface area contributed by atoms with Gasteiger partial charge in [0.1, 0.15) is 0 Å². The molecule has 0 unspecified atom stereocenters. The van der Waals surface area contributed by atoms with Crippen molar-refractivity contribution in [2.24, 2.45) is 11.8 Å². The molecule has 1 amide bonds. The van der Waals surface area contributed by atoms with Crippen LogP contribution in [0.3, 0.4) is 0 Å². The standard InChI is InChI=1S/C23H28N4O2/c28-21(9-4-8-17-6-2-1-3-7-17)26-14-18-19-15-27(22-24-12-5-13-25-22)16-23(19)11-10-20(18)29-23/h1-3,5-7,12-13,18-20H,4,8-11,14-16H2,(H,26,28)/t18-,19+,20+,23+/m0/s1. The van der Waals surface area contributed by atoms with Gasteiger partial charge in [-0.1, -0.05) is 30.3 Å². The van der Waals surface area contributed by atoms with E-state index < -0.39 is 0 Å². The number of amides is 1. The summed E-state index contributed by atoms with van der Waals surface area (Å²) in [5, 5.41) is 3.19. The molecule has 0 saturated carbocycles. The second kappa shape index (κ2) is 7.75. The van der Waals surface area contributed by atoms with Crippen molar-refractivity contribution in [3.8, 4) is 0 Å². The number of fused-ring (bicyclic) bond motifs is 1. The second-order valence-corrected chi connectivity index (χ2v) is 8.60. The van der Waals surface area contributed by atoms with E-state index in [9.17, 15) is 4.79 Å². The zero-order valence-electron chi connectivity index (χ0n) is 16.7. The molecule has 4 heterocycles. The molecule has 3 aliphatic rings. The maximum Gasteiger partial charge on any atom is 0.225 e. The number of hydrogen-bond donors (Lipinski definition) is 1. The largest absolute Gasteiger partial charge is 0.369 e. The molecule has 3 saturated heterocycles. The van der Waals surface area contributed by atoms with E-state index in [0.717, 1.165) is 44.7 Å². The predicted octanol–water partition coefficient (Wildman–Crippen LogP) is 2.60. The highest BCUT2D eigenvalue weighted by molar-refractivity contribution is 5.75. The number of benzene rings is 1. The fourth-order valence-electron chi connectivity index (χ4n) is 5.49. The summed E-state index contributed by atoms with van der Waals surface area (Å²) >= 11 is 0. The summed E-state index contributed by atoms with van der Waals surface area (Å²) in [5.41, 5.74) is 1.21. The number of carbonyl (C=O) groups is 1. The Morgan fingerprint density at radius 3 is 2.86 bits per heavy atom. The minimum atomic E-state index is -0.0768. The normalized spacial score (nSPS) is 29.8. The first-order chi connectivity index (χ1) is 14.2. The molecule has 29 heavy (non-hydrogen) atoms. The zero-order valence-corrected chi connectivity index (χ0v) is 16.7. The van der Waals surface area contributed by atoms with Gasteiger partial charge >= 0.3 is 0 Å². The minimum Gasteiger partial charge on any atom is -0.369 e. The molecule has 2 aromatic rings. The smallest absolute Gasteiger partial charge is 0.225 e. The van der Waals surface area contributed by atoms with E-state index in [1.165, 1.54) is 5.56 Å². The van der Waals surface area contributed by atoms with Gasteiger partial charge in [-0.05, 0) is 37.3 Å². The van der Waals surface area contributed by atoms with Gasteiger partial charge in [0.05, 0.1) is 18.2 Å². The van der Waals surface area contributed by atoms with Gasteiger partial charge in [-0.25, -0.2) is 9.97 Å². The van der Waals surface area contributed by atoms with Crippen LogP contribution < -0.4 is 10.2 Å². The number of anilines is 1. The summed E-state index contributed by atoms with van der Waals surface area (Å²) in [5.74, 6) is 1.76. The van der Waals surface area contributed by atoms with Crippen LogP contribution in [0.1, 0.15) is 31.2 Å². The Morgan fingerprint density at radius 2 is 2.03 bits per heavy atom. The first-order valence-corrected chi connectivity index (χ1v) is 10.7. The van der Waals surface area contributed by atoms with Crippen LogP contribution in [0.25, 0.3) is 0 Å². The summed E-state index contributed by atoms with van der Waals surface area (Å²) in [4.78, 5) is 23.5. The molecule has 152 valence electrons. The van der Waals surface area contributed by atoms with E-state index in [2.05, 4.69) is 32.3 Å². The number of nitrogens with one attached hydrogen (secondary N) is 1. The van der Waals surface area contributed by atoms with Gasteiger partial charge in [0.15, 0.2) is 0 Å². The molecule has 1 N–H and O–H groups in total. The summed E-state index contributed by atoms with van der Waals surface area (Å²) < 4.78 is 6.47. The van der Waals surface area contributed by atoms with E-state index in [-0.39, 0.29) is 17.6 Å². The number of carbonyl (C=O) groups excluding carboxylic acids is 1. The van der Waals surface area contributed by atoms with Crippen molar-refractivity contribution >= 4 is 11.9 Å². The number of rotatable bonds is 7. The monoisotopic (exact) mass is 392 g/mol. The molecule has 3 aliphatic heterocycles. The molecule has 6 nitrogen and oxygen atoms in total. The molecule has 0 aliphatic carbocycles. The quantitative estimate of drug-likeness (QED) is 0.785. The van der Waals surface area contributed by atoms with Crippen LogP contribution >= 0.6 is 0 Å². The van der Waals surface area contributed by atoms with Gasteiger partial charge < -0.3 is 15.0 Å². The molecule has 1 spiro atoms. The van der Waals surface area contributed by atoms with Crippen molar-refractivity contribution < 1.29 is 9.53 Å². The molecular formula is C23H28N4O2. The average molecular weight is 393 g/mol. The molecule has 1 aromatic carbocycles. The van der Waals surface area contributed by atoms with Crippen LogP contribution in [0.4, 0.5) is 5.95 Å². The Labute approximate surface area is 171 Å². The van der Waals surface area contributed by atoms with Gasteiger partial charge in [-0.3, -0.25) is 4.79 Å². The third-order valence-electron chi connectivity index (χ3n) is 6.87. The van der Waals surface area contributed by atoms with Gasteiger partial charge in [0.2, 0.25) is 11.9 Å². The number of nitrogens with zero attached hydrogens (tertiary/aromatic N) is 3. The van der Waals surface area contributed by atoms with Crippen LogP contribution in [-0.2, 0) is 16.0 Å². The number of aromatic nitrogens is 2. The van der Waals surface area contributed by atoms with Crippen LogP contribution in [0.2, 0.25) is 0 Å². The lowest BCUT2D eigenvalue weighted by atomic mass is 9.73. The van der Waals surface area contributed by atoms with E-state index in [1.807, 2.05) is 24.3 Å². The highest BCUT2D eigenvalue weighted by Gasteiger charge is 2.63. The highest BCUT2D eigenvalue weighted by atomic mass is 16.5. The maximum atomic E-state index is 12.4. The van der Waals surface area contributed by atoms with E-state index in [4.69, 9.17) is 4.74 Å². The van der Waals surface area contributed by atoms with Crippen LogP contribution in [0.15, 0.2) is 48.8 Å². The second-order valence-electron chi connectivity index (χ2n) is 8.60. The first-order valence-electron chi connectivity index (χ1n) is 10.7. The summed E-state index contributed by atoms with van der Waals surface area (Å²) in [7, 11) is 0. The Morgan fingerprint density at radius 1 is 1.21 bits per heavy atom. The van der Waals surface area contributed by atoms with E-state index in [0.29, 0.717) is 24.8 Å². The zero-order chi connectivity index (χ0) is 19.7. The van der Waals surface area contributed by atoms with E-state index in [1.54, 1.807) is 12.4 Å². The number of ether oxygens (including phenoxy) is 1. The lowest BCUT2D eigenvalue weighted by Crippen LogP contribution is -2.41. The van der Waals surface area contributed by atoms with Gasteiger partial charge in [0, 0.05) is 43.7 Å². The fraction of sp³-hybridized carbons (Fsp3) is 0.522. The Kier molecular flexibility index (Phi) is 4.96. The van der Waals surface area contributed by atoms with Crippen LogP contribution in [0, 0.1) is 11.8 Å². The minimum absolute atomic E-state index is 0.0768. The summed E-state index contributed by atoms with van der Waals surface area (Å²) in [6, 6.07) is 12.2. The van der Waals surface area contributed by atoms with E-state index >= 15 is 0 Å². The molecule has 5 rings (SSSR count). The van der Waals surface area contributed by atoms with Gasteiger partial charge in [-0.2, -0.15) is 0 Å². The van der Waals surface area contributed by atoms with Gasteiger partial charge in [-0.15, -0.1) is 0 Å². The molecule has 3 fully saturated rings. The van der Waals surface area contributed by atoms with Crippen LogP contribution in [0.5, 0.6) is 0 Å². The van der Waals surface area contributed by atoms with Gasteiger partial charge in [0.25, 0.3) is 0 Å². The third kappa shape index (κ3) is 3.62. The molecule has 6 heteroatoms. The predicted molar refractivity (Wildman–Crippen MR) is 110 cm³/mol. The molecule has 2 bridgehead atoms. The van der Waals surface area contributed by atoms with Crippen molar-refractivity contribution in [1.29, 1.82) is 0 Å². The van der Waals surface area contributed by atoms with Crippen molar-refractivity contribution in [1.82, 2.24) is 15.3 Å². The molecular weight excluding hydrogens is 364 g/mol. The van der Waals surface area contributed by atoms with Crippen LogP contribution in [-0.4, -0.2) is 47.2 Å². The molecule has 0 radical (unpaired) electrons. The summed E-state index contributed by atoms with van der Waals surface area (Å²) in [6.07, 6.45) is 8.46. The SMILES string of the molecule is O=C(CCCc1ccccc1)NC[C@H]1[C@H]2CN(c3ncccn3)C[C@]23CC[C@H]1O3. The Hall–Kier alpha value is -2.47. The van der Waals surface area contributed by atoms with Crippen molar-refractivity contribution in [3.05, 3.63) is 54.4 Å². The summed E-state index contributed by atoms with van der Waals surface area (Å²) in [6.45, 7) is 2.49. The Balaban J connectivity index is 1.14. The molecule has 4 atom stereocenters. The molecule has 1 aromatic heterocycles. The van der Waals surface area contributed by atoms with Crippen molar-refractivity contribution in [2.75, 3.05) is 24.5 Å². The average Bonchev–Trinajstić information content (AvgIpc) is 3.42. The fourth-order valence-corrected chi connectivity index (χ4v) is 5.49. The van der Waals surface area contributed by atoms with Crippen molar-refractivity contribution in [2.45, 2.75) is 43.8 Å².